The average Bonchev–Trinajstić information content (AvgIpc) is 2.50. The van der Waals surface area contributed by atoms with E-state index in [0.717, 1.165) is 25.0 Å². The molecule has 1 aliphatic carbocycles. The van der Waals surface area contributed by atoms with Gasteiger partial charge in [0.1, 0.15) is 5.75 Å². The topological polar surface area (TPSA) is 50.4 Å². The quantitative estimate of drug-likeness (QED) is 0.837. The van der Waals surface area contributed by atoms with E-state index in [1.54, 1.807) is 0 Å². The van der Waals surface area contributed by atoms with Crippen LogP contribution >= 0.6 is 0 Å². The lowest BCUT2D eigenvalue weighted by Crippen LogP contribution is -2.29. The second kappa shape index (κ2) is 7.29. The molecule has 1 atom stereocenters. The van der Waals surface area contributed by atoms with Gasteiger partial charge in [0.25, 0.3) is 5.91 Å². The van der Waals surface area contributed by atoms with Crippen LogP contribution in [0.4, 0.5) is 0 Å². The van der Waals surface area contributed by atoms with E-state index in [9.17, 15) is 4.79 Å². The highest BCUT2D eigenvalue weighted by atomic mass is 16.5. The molecule has 0 bridgehead atoms. The van der Waals surface area contributed by atoms with Crippen LogP contribution in [0.3, 0.4) is 0 Å². The van der Waals surface area contributed by atoms with Gasteiger partial charge < -0.3 is 15.4 Å². The fourth-order valence-corrected chi connectivity index (χ4v) is 2.63. The summed E-state index contributed by atoms with van der Waals surface area (Å²) in [4.78, 5) is 11.5. The Hall–Kier alpha value is -1.55. The number of hydrogen-bond donors (Lipinski definition) is 2. The Bertz CT molecular complexity index is 460. The maximum Gasteiger partial charge on any atom is 0.257 e. The molecule has 20 heavy (non-hydrogen) atoms. The van der Waals surface area contributed by atoms with Crippen molar-refractivity contribution in [2.45, 2.75) is 38.6 Å². The second-order valence-electron chi connectivity index (χ2n) is 5.23. The summed E-state index contributed by atoms with van der Waals surface area (Å²) in [5.41, 5.74) is 2.70. The molecule has 0 aromatic heterocycles. The summed E-state index contributed by atoms with van der Waals surface area (Å²) in [7, 11) is 1.99. The number of ether oxygens (including phenoxy) is 1. The van der Waals surface area contributed by atoms with Gasteiger partial charge in [0.05, 0.1) is 0 Å². The average molecular weight is 276 g/mol. The van der Waals surface area contributed by atoms with Crippen LogP contribution < -0.4 is 15.4 Å². The number of aryl methyl sites for hydroxylation is 1. The Morgan fingerprint density at radius 2 is 2.30 bits per heavy atom. The van der Waals surface area contributed by atoms with E-state index in [1.807, 2.05) is 20.0 Å². The van der Waals surface area contributed by atoms with Crippen molar-refractivity contribution in [2.24, 2.45) is 0 Å². The molecule has 0 heterocycles. The fourth-order valence-electron chi connectivity index (χ4n) is 2.63. The highest BCUT2D eigenvalue weighted by Gasteiger charge is 2.19. The van der Waals surface area contributed by atoms with Crippen LogP contribution in [0.25, 0.3) is 0 Å². The molecule has 110 valence electrons. The SMILES string of the molecule is CCCNC(=O)COc1ccc2c(c1)C(NC)CCC2. The van der Waals surface area contributed by atoms with Gasteiger partial charge in [-0.3, -0.25) is 4.79 Å². The zero-order valence-electron chi connectivity index (χ0n) is 12.4. The maximum atomic E-state index is 11.5. The summed E-state index contributed by atoms with van der Waals surface area (Å²) in [5, 5.41) is 6.15. The van der Waals surface area contributed by atoms with Crippen molar-refractivity contribution in [2.75, 3.05) is 20.2 Å². The van der Waals surface area contributed by atoms with Gasteiger partial charge >= 0.3 is 0 Å². The molecule has 0 aliphatic heterocycles. The number of rotatable bonds is 6. The summed E-state index contributed by atoms with van der Waals surface area (Å²) in [5.74, 6) is 0.715. The summed E-state index contributed by atoms with van der Waals surface area (Å²) in [6, 6.07) is 6.56. The molecule has 2 N–H and O–H groups in total. The Kier molecular flexibility index (Phi) is 5.41. The monoisotopic (exact) mass is 276 g/mol. The first-order chi connectivity index (χ1) is 9.74. The van der Waals surface area contributed by atoms with Gasteiger partial charge in [0.15, 0.2) is 6.61 Å². The molecule has 1 unspecified atom stereocenters. The van der Waals surface area contributed by atoms with Gasteiger partial charge in [-0.2, -0.15) is 0 Å². The van der Waals surface area contributed by atoms with Crippen molar-refractivity contribution in [3.05, 3.63) is 29.3 Å². The zero-order chi connectivity index (χ0) is 14.4. The summed E-state index contributed by atoms with van der Waals surface area (Å²) in [6.45, 7) is 2.82. The van der Waals surface area contributed by atoms with E-state index in [2.05, 4.69) is 22.8 Å². The molecular weight excluding hydrogens is 252 g/mol. The van der Waals surface area contributed by atoms with Crippen molar-refractivity contribution in [3.8, 4) is 5.75 Å². The lowest BCUT2D eigenvalue weighted by atomic mass is 9.87. The Labute approximate surface area is 120 Å². The number of fused-ring (bicyclic) bond motifs is 1. The molecule has 1 aromatic carbocycles. The first kappa shape index (κ1) is 14.9. The molecule has 1 aliphatic rings. The van der Waals surface area contributed by atoms with Crippen LogP contribution in [0.5, 0.6) is 5.75 Å². The van der Waals surface area contributed by atoms with Crippen molar-refractivity contribution >= 4 is 5.91 Å². The molecule has 4 heteroatoms. The Morgan fingerprint density at radius 3 is 3.05 bits per heavy atom. The summed E-state index contributed by atoms with van der Waals surface area (Å²) in [6.07, 6.45) is 4.45. The predicted octanol–water partition coefficient (Wildman–Crippen LogP) is 2.19. The van der Waals surface area contributed by atoms with Gasteiger partial charge in [-0.25, -0.2) is 0 Å². The van der Waals surface area contributed by atoms with Crippen LogP contribution in [0.15, 0.2) is 18.2 Å². The first-order valence-corrected chi connectivity index (χ1v) is 7.44. The van der Waals surface area contributed by atoms with E-state index >= 15 is 0 Å². The van der Waals surface area contributed by atoms with Crippen LogP contribution in [0, 0.1) is 0 Å². The molecule has 1 amide bonds. The third kappa shape index (κ3) is 3.73. The Balaban J connectivity index is 1.98. The minimum absolute atomic E-state index is 0.0604. The smallest absolute Gasteiger partial charge is 0.257 e. The Morgan fingerprint density at radius 1 is 1.45 bits per heavy atom. The van der Waals surface area contributed by atoms with E-state index < -0.39 is 0 Å². The normalized spacial score (nSPS) is 17.4. The van der Waals surface area contributed by atoms with Crippen LogP contribution in [-0.2, 0) is 11.2 Å². The second-order valence-corrected chi connectivity index (χ2v) is 5.23. The third-order valence-corrected chi connectivity index (χ3v) is 3.72. The van der Waals surface area contributed by atoms with Gasteiger partial charge in [0.2, 0.25) is 0 Å². The number of carbonyl (C=O) groups excluding carboxylic acids is 1. The largest absolute Gasteiger partial charge is 0.484 e. The zero-order valence-corrected chi connectivity index (χ0v) is 12.4. The van der Waals surface area contributed by atoms with Crippen LogP contribution in [0.1, 0.15) is 43.4 Å². The van der Waals surface area contributed by atoms with Crippen LogP contribution in [0.2, 0.25) is 0 Å². The van der Waals surface area contributed by atoms with Gasteiger partial charge in [0, 0.05) is 12.6 Å². The molecule has 0 saturated carbocycles. The molecule has 0 saturated heterocycles. The molecule has 4 nitrogen and oxygen atoms in total. The number of benzene rings is 1. The summed E-state index contributed by atoms with van der Waals surface area (Å²) < 4.78 is 5.58. The molecule has 0 radical (unpaired) electrons. The first-order valence-electron chi connectivity index (χ1n) is 7.44. The lowest BCUT2D eigenvalue weighted by Gasteiger charge is -2.25. The van der Waals surface area contributed by atoms with E-state index in [1.165, 1.54) is 17.5 Å². The molecule has 2 rings (SSSR count). The van der Waals surface area contributed by atoms with Crippen molar-refractivity contribution in [1.29, 1.82) is 0 Å². The number of hydrogen-bond acceptors (Lipinski definition) is 3. The predicted molar refractivity (Wildman–Crippen MR) is 80.0 cm³/mol. The fraction of sp³-hybridized carbons (Fsp3) is 0.562. The maximum absolute atomic E-state index is 11.5. The molecule has 0 spiro atoms. The highest BCUT2D eigenvalue weighted by molar-refractivity contribution is 5.77. The minimum Gasteiger partial charge on any atom is -0.484 e. The van der Waals surface area contributed by atoms with Gasteiger partial charge in [-0.1, -0.05) is 13.0 Å². The van der Waals surface area contributed by atoms with Gasteiger partial charge in [-0.15, -0.1) is 0 Å². The van der Waals surface area contributed by atoms with Gasteiger partial charge in [-0.05, 0) is 56.0 Å². The molecule has 1 aromatic rings. The van der Waals surface area contributed by atoms with Crippen molar-refractivity contribution in [3.63, 3.8) is 0 Å². The van der Waals surface area contributed by atoms with E-state index in [-0.39, 0.29) is 12.5 Å². The van der Waals surface area contributed by atoms with E-state index in [0.29, 0.717) is 12.6 Å². The van der Waals surface area contributed by atoms with E-state index in [4.69, 9.17) is 4.74 Å². The third-order valence-electron chi connectivity index (χ3n) is 3.72. The molecule has 0 fully saturated rings. The molecular formula is C16H24N2O2. The highest BCUT2D eigenvalue weighted by Crippen LogP contribution is 2.32. The number of nitrogens with one attached hydrogen (secondary N) is 2. The standard InChI is InChI=1S/C16H24N2O2/c1-3-9-18-16(19)11-20-13-8-7-12-5-4-6-15(17-2)14(12)10-13/h7-8,10,15,17H,3-6,9,11H2,1-2H3,(H,18,19). The lowest BCUT2D eigenvalue weighted by molar-refractivity contribution is -0.123. The number of carbonyl (C=O) groups is 1. The minimum atomic E-state index is -0.0604. The summed E-state index contributed by atoms with van der Waals surface area (Å²) >= 11 is 0. The van der Waals surface area contributed by atoms with Crippen molar-refractivity contribution < 1.29 is 9.53 Å². The van der Waals surface area contributed by atoms with Crippen molar-refractivity contribution in [1.82, 2.24) is 10.6 Å². The van der Waals surface area contributed by atoms with Crippen LogP contribution in [-0.4, -0.2) is 26.1 Å². The number of amides is 1.